The van der Waals surface area contributed by atoms with E-state index in [2.05, 4.69) is 5.32 Å². The van der Waals surface area contributed by atoms with Gasteiger partial charge in [-0.2, -0.15) is 13.2 Å². The summed E-state index contributed by atoms with van der Waals surface area (Å²) < 4.78 is 40.8. The third-order valence-corrected chi connectivity index (χ3v) is 2.80. The fraction of sp³-hybridized carbons (Fsp3) is 1.00. The van der Waals surface area contributed by atoms with Crippen molar-refractivity contribution in [3.8, 4) is 0 Å². The minimum atomic E-state index is -4.03. The molecule has 0 bridgehead atoms. The van der Waals surface area contributed by atoms with Crippen LogP contribution in [-0.4, -0.2) is 32.0 Å². The number of ether oxygens (including phenoxy) is 1. The van der Waals surface area contributed by atoms with Gasteiger partial charge >= 0.3 is 6.18 Å². The first-order valence-electron chi connectivity index (χ1n) is 5.36. The van der Waals surface area contributed by atoms with Crippen molar-refractivity contribution in [3.05, 3.63) is 0 Å². The molecule has 1 rings (SSSR count). The van der Waals surface area contributed by atoms with Crippen molar-refractivity contribution >= 4 is 0 Å². The van der Waals surface area contributed by atoms with Crippen molar-refractivity contribution < 1.29 is 17.9 Å². The Balaban J connectivity index is 2.09. The van der Waals surface area contributed by atoms with Crippen molar-refractivity contribution in [1.82, 2.24) is 5.32 Å². The van der Waals surface area contributed by atoms with Crippen LogP contribution in [0.5, 0.6) is 0 Å². The maximum atomic E-state index is 11.8. The molecule has 0 aromatic rings. The Hall–Kier alpha value is -0.290. The van der Waals surface area contributed by atoms with Gasteiger partial charge < -0.3 is 10.1 Å². The van der Waals surface area contributed by atoms with Gasteiger partial charge in [-0.05, 0) is 32.2 Å². The molecule has 0 aromatic heterocycles. The second kappa shape index (κ2) is 5.70. The van der Waals surface area contributed by atoms with Gasteiger partial charge in [0, 0.05) is 19.6 Å². The predicted molar refractivity (Wildman–Crippen MR) is 51.7 cm³/mol. The van der Waals surface area contributed by atoms with Gasteiger partial charge in [0.2, 0.25) is 0 Å². The van der Waals surface area contributed by atoms with Crippen molar-refractivity contribution in [2.75, 3.05) is 13.7 Å². The Labute approximate surface area is 88.2 Å². The zero-order valence-corrected chi connectivity index (χ0v) is 8.94. The SMILES string of the molecule is COC1CCCC1NCCCC(F)(F)F. The molecule has 0 heterocycles. The van der Waals surface area contributed by atoms with Crippen LogP contribution < -0.4 is 5.32 Å². The van der Waals surface area contributed by atoms with Crippen LogP contribution in [0.2, 0.25) is 0 Å². The molecular weight excluding hydrogens is 207 g/mol. The first-order valence-corrected chi connectivity index (χ1v) is 5.36. The zero-order chi connectivity index (χ0) is 11.3. The number of halogens is 3. The Bertz CT molecular complexity index is 184. The second-order valence-electron chi connectivity index (χ2n) is 3.98. The molecule has 2 atom stereocenters. The summed E-state index contributed by atoms with van der Waals surface area (Å²) in [5.74, 6) is 0. The zero-order valence-electron chi connectivity index (χ0n) is 8.94. The van der Waals surface area contributed by atoms with Gasteiger partial charge in [0.25, 0.3) is 0 Å². The van der Waals surface area contributed by atoms with E-state index in [4.69, 9.17) is 4.74 Å². The number of alkyl halides is 3. The first-order chi connectivity index (χ1) is 7.03. The minimum Gasteiger partial charge on any atom is -0.380 e. The molecule has 1 saturated carbocycles. The van der Waals surface area contributed by atoms with E-state index in [9.17, 15) is 13.2 Å². The summed E-state index contributed by atoms with van der Waals surface area (Å²) in [6.07, 6.45) is -1.30. The van der Waals surface area contributed by atoms with E-state index < -0.39 is 12.6 Å². The summed E-state index contributed by atoms with van der Waals surface area (Å²) in [5, 5.41) is 3.13. The number of rotatable bonds is 5. The van der Waals surface area contributed by atoms with Gasteiger partial charge in [0.15, 0.2) is 0 Å². The number of hydrogen-bond acceptors (Lipinski definition) is 2. The fourth-order valence-corrected chi connectivity index (χ4v) is 2.02. The van der Waals surface area contributed by atoms with E-state index in [1.807, 2.05) is 0 Å². The standard InChI is InChI=1S/C10H18F3NO/c1-15-9-5-2-4-8(9)14-7-3-6-10(11,12)13/h8-9,14H,2-7H2,1H3. The lowest BCUT2D eigenvalue weighted by molar-refractivity contribution is -0.135. The van der Waals surface area contributed by atoms with E-state index in [-0.39, 0.29) is 18.6 Å². The summed E-state index contributed by atoms with van der Waals surface area (Å²) in [6.45, 7) is 0.421. The lowest BCUT2D eigenvalue weighted by Gasteiger charge is -2.19. The molecular formula is C10H18F3NO. The van der Waals surface area contributed by atoms with E-state index in [1.54, 1.807) is 7.11 Å². The molecule has 0 spiro atoms. The molecule has 1 aliphatic carbocycles. The average molecular weight is 225 g/mol. The maximum absolute atomic E-state index is 11.8. The fourth-order valence-electron chi connectivity index (χ4n) is 2.02. The highest BCUT2D eigenvalue weighted by molar-refractivity contribution is 4.83. The highest BCUT2D eigenvalue weighted by Crippen LogP contribution is 2.23. The third kappa shape index (κ3) is 4.84. The van der Waals surface area contributed by atoms with E-state index in [0.29, 0.717) is 6.54 Å². The van der Waals surface area contributed by atoms with Gasteiger partial charge in [0.1, 0.15) is 0 Å². The molecule has 0 radical (unpaired) electrons. The quantitative estimate of drug-likeness (QED) is 0.726. The summed E-state index contributed by atoms with van der Waals surface area (Å²) in [6, 6.07) is 0.239. The van der Waals surface area contributed by atoms with Gasteiger partial charge in [0.05, 0.1) is 6.10 Å². The molecule has 0 amide bonds. The summed E-state index contributed by atoms with van der Waals surface area (Å²) in [7, 11) is 1.65. The normalized spacial score (nSPS) is 27.2. The molecule has 2 unspecified atom stereocenters. The first kappa shape index (κ1) is 12.8. The number of nitrogens with one attached hydrogen (secondary N) is 1. The summed E-state index contributed by atoms with van der Waals surface area (Å²) in [5.41, 5.74) is 0. The maximum Gasteiger partial charge on any atom is 0.389 e. The molecule has 2 nitrogen and oxygen atoms in total. The minimum absolute atomic E-state index is 0.149. The van der Waals surface area contributed by atoms with E-state index in [0.717, 1.165) is 19.3 Å². The Morgan fingerprint density at radius 1 is 1.33 bits per heavy atom. The molecule has 1 aliphatic rings. The number of hydrogen-bond donors (Lipinski definition) is 1. The molecule has 0 aliphatic heterocycles. The van der Waals surface area contributed by atoms with Gasteiger partial charge in [-0.25, -0.2) is 0 Å². The van der Waals surface area contributed by atoms with Crippen LogP contribution in [0.3, 0.4) is 0 Å². The van der Waals surface area contributed by atoms with Crippen molar-refractivity contribution in [1.29, 1.82) is 0 Å². The van der Waals surface area contributed by atoms with E-state index in [1.165, 1.54) is 0 Å². The summed E-state index contributed by atoms with van der Waals surface area (Å²) in [4.78, 5) is 0. The van der Waals surface area contributed by atoms with Crippen LogP contribution in [0, 0.1) is 0 Å². The third-order valence-electron chi connectivity index (χ3n) is 2.80. The van der Waals surface area contributed by atoms with E-state index >= 15 is 0 Å². The molecule has 0 saturated heterocycles. The Morgan fingerprint density at radius 3 is 2.67 bits per heavy atom. The largest absolute Gasteiger partial charge is 0.389 e. The monoisotopic (exact) mass is 225 g/mol. The highest BCUT2D eigenvalue weighted by Gasteiger charge is 2.28. The predicted octanol–water partition coefficient (Wildman–Crippen LogP) is 2.49. The Kier molecular flexibility index (Phi) is 4.86. The number of methoxy groups -OCH3 is 1. The lowest BCUT2D eigenvalue weighted by atomic mass is 10.2. The molecule has 5 heteroatoms. The van der Waals surface area contributed by atoms with Crippen LogP contribution in [0.25, 0.3) is 0 Å². The molecule has 15 heavy (non-hydrogen) atoms. The molecule has 1 fully saturated rings. The van der Waals surface area contributed by atoms with Gasteiger partial charge in [-0.1, -0.05) is 0 Å². The summed E-state index contributed by atoms with van der Waals surface area (Å²) >= 11 is 0. The molecule has 0 aromatic carbocycles. The van der Waals surface area contributed by atoms with Crippen LogP contribution in [0.4, 0.5) is 13.2 Å². The second-order valence-corrected chi connectivity index (χ2v) is 3.98. The van der Waals surface area contributed by atoms with Gasteiger partial charge in [-0.3, -0.25) is 0 Å². The molecule has 1 N–H and O–H groups in total. The van der Waals surface area contributed by atoms with Crippen LogP contribution >= 0.6 is 0 Å². The smallest absolute Gasteiger partial charge is 0.380 e. The lowest BCUT2D eigenvalue weighted by Crippen LogP contribution is -2.37. The van der Waals surface area contributed by atoms with Crippen LogP contribution in [0.1, 0.15) is 32.1 Å². The Morgan fingerprint density at radius 2 is 2.07 bits per heavy atom. The highest BCUT2D eigenvalue weighted by atomic mass is 19.4. The van der Waals surface area contributed by atoms with Crippen molar-refractivity contribution in [3.63, 3.8) is 0 Å². The average Bonchev–Trinajstić information content (AvgIpc) is 2.58. The topological polar surface area (TPSA) is 21.3 Å². The van der Waals surface area contributed by atoms with Gasteiger partial charge in [-0.15, -0.1) is 0 Å². The van der Waals surface area contributed by atoms with Crippen molar-refractivity contribution in [2.24, 2.45) is 0 Å². The van der Waals surface area contributed by atoms with Crippen LogP contribution in [0.15, 0.2) is 0 Å². The van der Waals surface area contributed by atoms with Crippen molar-refractivity contribution in [2.45, 2.75) is 50.4 Å². The van der Waals surface area contributed by atoms with Crippen LogP contribution in [-0.2, 0) is 4.74 Å². The molecule has 90 valence electrons.